The molecule has 2 atom stereocenters. The van der Waals surface area contributed by atoms with Gasteiger partial charge in [-0.25, -0.2) is 4.18 Å². The topological polar surface area (TPSA) is 104 Å². The molecule has 0 aromatic rings. The molecule has 0 saturated carbocycles. The predicted molar refractivity (Wildman–Crippen MR) is 49.0 cm³/mol. The van der Waals surface area contributed by atoms with Crippen LogP contribution in [0.4, 0.5) is 0 Å². The van der Waals surface area contributed by atoms with Gasteiger partial charge in [0.05, 0.1) is 18.3 Å². The van der Waals surface area contributed by atoms with Crippen LogP contribution in [0, 0.1) is 0 Å². The first kappa shape index (κ1) is 13.8. The maximum atomic E-state index is 10.4. The van der Waals surface area contributed by atoms with E-state index in [4.69, 9.17) is 14.8 Å². The largest absolute Gasteiger partial charge is 0.397 e. The van der Waals surface area contributed by atoms with Crippen LogP contribution < -0.4 is 0 Å². The van der Waals surface area contributed by atoms with Crippen LogP contribution in [0.15, 0.2) is 0 Å². The van der Waals surface area contributed by atoms with E-state index in [1.807, 2.05) is 0 Å². The summed E-state index contributed by atoms with van der Waals surface area (Å²) in [5.74, 6) is 0. The highest BCUT2D eigenvalue weighted by atomic mass is 32.3. The molecule has 0 spiro atoms. The highest BCUT2D eigenvalue weighted by Crippen LogP contribution is 2.12. The van der Waals surface area contributed by atoms with Crippen LogP contribution in [-0.4, -0.2) is 41.5 Å². The summed E-state index contributed by atoms with van der Waals surface area (Å²) in [6, 6.07) is 0. The highest BCUT2D eigenvalue weighted by Gasteiger charge is 2.20. The normalized spacial score (nSPS) is 18.9. The lowest BCUT2D eigenvalue weighted by atomic mass is 10.1. The lowest BCUT2D eigenvalue weighted by Gasteiger charge is -2.18. The first-order valence-corrected chi connectivity index (χ1v) is 5.59. The lowest BCUT2D eigenvalue weighted by molar-refractivity contribution is 0.0619. The standard InChI is InChI=1S/C7H16O6S/c1-5(8)3-7(4-6(2)9)13-14(10,11)12/h5-9H,3-4H2,1-2H3,(H,10,11,12). The summed E-state index contributed by atoms with van der Waals surface area (Å²) < 4.78 is 33.4. The van der Waals surface area contributed by atoms with Gasteiger partial charge >= 0.3 is 10.4 Å². The van der Waals surface area contributed by atoms with E-state index in [1.165, 1.54) is 13.8 Å². The van der Waals surface area contributed by atoms with Gasteiger partial charge in [-0.15, -0.1) is 0 Å². The zero-order valence-corrected chi connectivity index (χ0v) is 8.94. The van der Waals surface area contributed by atoms with E-state index in [-0.39, 0.29) is 12.8 Å². The number of aliphatic hydroxyl groups is 2. The third-order valence-corrected chi connectivity index (χ3v) is 1.98. The van der Waals surface area contributed by atoms with Crippen LogP contribution in [-0.2, 0) is 14.6 Å². The van der Waals surface area contributed by atoms with Gasteiger partial charge in [-0.1, -0.05) is 0 Å². The summed E-state index contributed by atoms with van der Waals surface area (Å²) in [6.07, 6.45) is -2.37. The Hall–Kier alpha value is -0.210. The smallest absolute Gasteiger partial charge is 0.393 e. The summed E-state index contributed by atoms with van der Waals surface area (Å²) in [5.41, 5.74) is 0. The molecule has 3 N–H and O–H groups in total. The van der Waals surface area contributed by atoms with E-state index in [0.717, 1.165) is 0 Å². The van der Waals surface area contributed by atoms with Crippen molar-refractivity contribution in [3.05, 3.63) is 0 Å². The van der Waals surface area contributed by atoms with Gasteiger partial charge in [0.25, 0.3) is 0 Å². The van der Waals surface area contributed by atoms with Crippen LogP contribution in [0.25, 0.3) is 0 Å². The Morgan fingerprint density at radius 2 is 1.50 bits per heavy atom. The lowest BCUT2D eigenvalue weighted by Crippen LogP contribution is -2.25. The molecule has 2 unspecified atom stereocenters. The van der Waals surface area contributed by atoms with Crippen molar-refractivity contribution in [3.8, 4) is 0 Å². The van der Waals surface area contributed by atoms with E-state index >= 15 is 0 Å². The molecule has 0 heterocycles. The Labute approximate surface area is 83.5 Å². The fourth-order valence-electron chi connectivity index (χ4n) is 1.11. The second kappa shape index (κ2) is 5.62. The molecule has 0 rings (SSSR count). The Kier molecular flexibility index (Phi) is 5.53. The minimum Gasteiger partial charge on any atom is -0.393 e. The molecule has 0 aliphatic carbocycles. The maximum absolute atomic E-state index is 10.4. The monoisotopic (exact) mass is 228 g/mol. The fraction of sp³-hybridized carbons (Fsp3) is 1.00. The second-order valence-corrected chi connectivity index (χ2v) is 4.36. The van der Waals surface area contributed by atoms with E-state index < -0.39 is 28.7 Å². The summed E-state index contributed by atoms with van der Waals surface area (Å²) in [5, 5.41) is 18.0. The molecule has 0 radical (unpaired) electrons. The number of hydrogen-bond donors (Lipinski definition) is 3. The van der Waals surface area contributed by atoms with E-state index in [1.54, 1.807) is 0 Å². The SMILES string of the molecule is CC(O)CC(CC(C)O)OS(=O)(=O)O. The van der Waals surface area contributed by atoms with Gasteiger partial charge in [0, 0.05) is 12.8 Å². The van der Waals surface area contributed by atoms with Gasteiger partial charge in [-0.3, -0.25) is 4.55 Å². The molecule has 0 aromatic carbocycles. The van der Waals surface area contributed by atoms with Crippen molar-refractivity contribution >= 4 is 10.4 Å². The minimum absolute atomic E-state index is 0.0324. The van der Waals surface area contributed by atoms with Crippen molar-refractivity contribution in [1.29, 1.82) is 0 Å². The molecular formula is C7H16O6S. The predicted octanol–water partition coefficient (Wildman–Crippen LogP) is -0.284. The molecule has 0 bridgehead atoms. The number of rotatable bonds is 6. The van der Waals surface area contributed by atoms with E-state index in [0.29, 0.717) is 0 Å². The first-order valence-electron chi connectivity index (χ1n) is 4.22. The van der Waals surface area contributed by atoms with Gasteiger partial charge in [0.2, 0.25) is 0 Å². The summed E-state index contributed by atoms with van der Waals surface area (Å²) >= 11 is 0. The molecule has 0 amide bonds. The molecule has 86 valence electrons. The summed E-state index contributed by atoms with van der Waals surface area (Å²) in [7, 11) is -4.54. The zero-order valence-electron chi connectivity index (χ0n) is 8.12. The van der Waals surface area contributed by atoms with Crippen molar-refractivity contribution in [2.75, 3.05) is 0 Å². The molecule has 7 heteroatoms. The summed E-state index contributed by atoms with van der Waals surface area (Å²) in [4.78, 5) is 0. The molecule has 0 aromatic heterocycles. The van der Waals surface area contributed by atoms with E-state index in [2.05, 4.69) is 4.18 Å². The molecule has 0 saturated heterocycles. The van der Waals surface area contributed by atoms with Gasteiger partial charge in [-0.05, 0) is 13.8 Å². The van der Waals surface area contributed by atoms with Crippen molar-refractivity contribution in [2.24, 2.45) is 0 Å². The zero-order chi connectivity index (χ0) is 11.4. The maximum Gasteiger partial charge on any atom is 0.397 e. The molecule has 6 nitrogen and oxygen atoms in total. The van der Waals surface area contributed by atoms with Crippen molar-refractivity contribution in [1.82, 2.24) is 0 Å². The van der Waals surface area contributed by atoms with E-state index in [9.17, 15) is 8.42 Å². The van der Waals surface area contributed by atoms with Crippen LogP contribution in [0.2, 0.25) is 0 Å². The van der Waals surface area contributed by atoms with Gasteiger partial charge in [0.1, 0.15) is 0 Å². The molecule has 0 aliphatic heterocycles. The quantitative estimate of drug-likeness (QED) is 0.540. The van der Waals surface area contributed by atoms with Crippen molar-refractivity contribution in [3.63, 3.8) is 0 Å². The Morgan fingerprint density at radius 3 is 1.71 bits per heavy atom. The Morgan fingerprint density at radius 1 is 1.14 bits per heavy atom. The molecule has 14 heavy (non-hydrogen) atoms. The van der Waals surface area contributed by atoms with Gasteiger partial charge in [0.15, 0.2) is 0 Å². The third kappa shape index (κ3) is 8.39. The second-order valence-electron chi connectivity index (χ2n) is 3.32. The molecule has 0 aliphatic rings. The van der Waals surface area contributed by atoms with Crippen LogP contribution >= 0.6 is 0 Å². The third-order valence-electron chi connectivity index (χ3n) is 1.47. The Bertz CT molecular complexity index is 235. The average molecular weight is 228 g/mol. The van der Waals surface area contributed by atoms with Gasteiger partial charge < -0.3 is 10.2 Å². The van der Waals surface area contributed by atoms with Crippen LogP contribution in [0.1, 0.15) is 26.7 Å². The summed E-state index contributed by atoms with van der Waals surface area (Å²) in [6.45, 7) is 2.92. The minimum atomic E-state index is -4.54. The first-order chi connectivity index (χ1) is 6.20. The van der Waals surface area contributed by atoms with Crippen molar-refractivity contribution in [2.45, 2.75) is 45.0 Å². The number of aliphatic hydroxyl groups excluding tert-OH is 2. The van der Waals surface area contributed by atoms with Crippen molar-refractivity contribution < 1.29 is 27.4 Å². The van der Waals surface area contributed by atoms with Gasteiger partial charge in [-0.2, -0.15) is 8.42 Å². The van der Waals surface area contributed by atoms with Crippen LogP contribution in [0.3, 0.4) is 0 Å². The molecular weight excluding hydrogens is 212 g/mol. The molecule has 0 fully saturated rings. The average Bonchev–Trinajstić information content (AvgIpc) is 1.77. The van der Waals surface area contributed by atoms with Crippen LogP contribution in [0.5, 0.6) is 0 Å². The fourth-order valence-corrected chi connectivity index (χ4v) is 1.61. The number of hydrogen-bond acceptors (Lipinski definition) is 5. The highest BCUT2D eigenvalue weighted by molar-refractivity contribution is 7.80. The Balaban J connectivity index is 4.25.